The Balaban J connectivity index is 2.22. The van der Waals surface area contributed by atoms with Crippen molar-refractivity contribution in [3.05, 3.63) is 61.7 Å². The van der Waals surface area contributed by atoms with Crippen molar-refractivity contribution in [3.8, 4) is 0 Å². The van der Waals surface area contributed by atoms with E-state index in [4.69, 9.17) is 23.2 Å². The van der Waals surface area contributed by atoms with E-state index in [2.05, 4.69) is 9.97 Å². The van der Waals surface area contributed by atoms with Gasteiger partial charge in [0.1, 0.15) is 0 Å². The molecule has 2 rings (SSSR count). The fourth-order valence-electron chi connectivity index (χ4n) is 1.79. The fourth-order valence-corrected chi connectivity index (χ4v) is 2.09. The first-order valence-electron chi connectivity index (χ1n) is 5.65. The maximum Gasteiger partial charge on any atom is 0.345 e. The third kappa shape index (κ3) is 3.56. The standard InChI is InChI=1S/C13H12Cl2N2O2/c1-7-4-9(17-13(19)16-7)6-12(18)8-2-3-10(14)11(15)5-8/h2-5,12,18H,6H2,1H3,(H,16,17,19)/t12-/m1/s1. The van der Waals surface area contributed by atoms with Gasteiger partial charge in [-0.1, -0.05) is 29.3 Å². The summed E-state index contributed by atoms with van der Waals surface area (Å²) in [7, 11) is 0. The molecule has 0 amide bonds. The van der Waals surface area contributed by atoms with Crippen LogP contribution in [-0.4, -0.2) is 15.1 Å². The van der Waals surface area contributed by atoms with Crippen molar-refractivity contribution in [3.63, 3.8) is 0 Å². The maximum atomic E-state index is 11.2. The second-order valence-corrected chi connectivity index (χ2v) is 5.07. The Morgan fingerprint density at radius 1 is 1.32 bits per heavy atom. The topological polar surface area (TPSA) is 66.0 Å². The van der Waals surface area contributed by atoms with Gasteiger partial charge in [0.05, 0.1) is 21.8 Å². The lowest BCUT2D eigenvalue weighted by Gasteiger charge is -2.11. The lowest BCUT2D eigenvalue weighted by atomic mass is 10.0. The predicted octanol–water partition coefficient (Wildman–Crippen LogP) is 2.66. The largest absolute Gasteiger partial charge is 0.388 e. The van der Waals surface area contributed by atoms with Crippen LogP contribution in [0.2, 0.25) is 10.0 Å². The first kappa shape index (κ1) is 14.1. The molecule has 0 bridgehead atoms. The molecule has 19 heavy (non-hydrogen) atoms. The highest BCUT2D eigenvalue weighted by Crippen LogP contribution is 2.26. The predicted molar refractivity (Wildman–Crippen MR) is 74.7 cm³/mol. The normalized spacial score (nSPS) is 12.4. The van der Waals surface area contributed by atoms with E-state index in [0.29, 0.717) is 27.0 Å². The molecule has 1 heterocycles. The lowest BCUT2D eigenvalue weighted by molar-refractivity contribution is 0.177. The van der Waals surface area contributed by atoms with Gasteiger partial charge in [0.15, 0.2) is 0 Å². The number of H-pyrrole nitrogens is 1. The van der Waals surface area contributed by atoms with Crippen molar-refractivity contribution in [1.82, 2.24) is 9.97 Å². The molecule has 0 aliphatic carbocycles. The summed E-state index contributed by atoms with van der Waals surface area (Å²) in [5.74, 6) is 0. The van der Waals surface area contributed by atoms with Crippen molar-refractivity contribution in [2.75, 3.05) is 0 Å². The summed E-state index contributed by atoms with van der Waals surface area (Å²) < 4.78 is 0. The Morgan fingerprint density at radius 3 is 2.68 bits per heavy atom. The number of aliphatic hydroxyl groups excluding tert-OH is 1. The third-order valence-electron chi connectivity index (χ3n) is 2.66. The minimum atomic E-state index is -0.788. The van der Waals surface area contributed by atoms with Gasteiger partial charge in [0.25, 0.3) is 0 Å². The Morgan fingerprint density at radius 2 is 2.05 bits per heavy atom. The lowest BCUT2D eigenvalue weighted by Crippen LogP contribution is -2.15. The molecule has 0 aliphatic rings. The van der Waals surface area contributed by atoms with Crippen LogP contribution in [0.15, 0.2) is 29.1 Å². The first-order chi connectivity index (χ1) is 8.95. The van der Waals surface area contributed by atoms with E-state index in [1.807, 2.05) is 0 Å². The highest BCUT2D eigenvalue weighted by Gasteiger charge is 2.12. The molecule has 0 saturated carbocycles. The van der Waals surface area contributed by atoms with Gasteiger partial charge < -0.3 is 10.1 Å². The second kappa shape index (κ2) is 5.74. The van der Waals surface area contributed by atoms with Crippen LogP contribution in [0.25, 0.3) is 0 Å². The number of aryl methyl sites for hydroxylation is 1. The Labute approximate surface area is 120 Å². The molecule has 1 aromatic carbocycles. The Kier molecular flexibility index (Phi) is 4.24. The van der Waals surface area contributed by atoms with Gasteiger partial charge in [-0.3, -0.25) is 0 Å². The molecule has 0 unspecified atom stereocenters. The zero-order valence-corrected chi connectivity index (χ0v) is 11.7. The number of halogens is 2. The molecule has 100 valence electrons. The van der Waals surface area contributed by atoms with Gasteiger partial charge in [0, 0.05) is 12.1 Å². The van der Waals surface area contributed by atoms with Gasteiger partial charge in [-0.2, -0.15) is 4.98 Å². The molecule has 4 nitrogen and oxygen atoms in total. The zero-order valence-electron chi connectivity index (χ0n) is 10.2. The minimum Gasteiger partial charge on any atom is -0.388 e. The maximum absolute atomic E-state index is 11.2. The molecule has 1 atom stereocenters. The fraction of sp³-hybridized carbons (Fsp3) is 0.231. The smallest absolute Gasteiger partial charge is 0.345 e. The van der Waals surface area contributed by atoms with E-state index in [1.54, 1.807) is 31.2 Å². The molecule has 0 radical (unpaired) electrons. The molecule has 0 spiro atoms. The van der Waals surface area contributed by atoms with Crippen molar-refractivity contribution in [2.45, 2.75) is 19.4 Å². The highest BCUT2D eigenvalue weighted by atomic mass is 35.5. The molecule has 0 fully saturated rings. The van der Waals surface area contributed by atoms with Gasteiger partial charge in [0.2, 0.25) is 0 Å². The van der Waals surface area contributed by atoms with Crippen LogP contribution < -0.4 is 5.69 Å². The van der Waals surface area contributed by atoms with Crippen molar-refractivity contribution in [1.29, 1.82) is 0 Å². The van der Waals surface area contributed by atoms with Crippen molar-refractivity contribution in [2.24, 2.45) is 0 Å². The van der Waals surface area contributed by atoms with Gasteiger partial charge >= 0.3 is 5.69 Å². The zero-order chi connectivity index (χ0) is 14.0. The number of rotatable bonds is 3. The molecular weight excluding hydrogens is 287 g/mol. The van der Waals surface area contributed by atoms with Gasteiger partial charge in [-0.15, -0.1) is 0 Å². The Hall–Kier alpha value is -1.36. The van der Waals surface area contributed by atoms with Crippen LogP contribution >= 0.6 is 23.2 Å². The first-order valence-corrected chi connectivity index (χ1v) is 6.41. The van der Waals surface area contributed by atoms with E-state index < -0.39 is 11.8 Å². The molecular formula is C13H12Cl2N2O2. The molecule has 1 aromatic heterocycles. The number of nitrogens with zero attached hydrogens (tertiary/aromatic N) is 1. The molecule has 2 aromatic rings. The summed E-state index contributed by atoms with van der Waals surface area (Å²) in [6.07, 6.45) is -0.550. The summed E-state index contributed by atoms with van der Waals surface area (Å²) in [6, 6.07) is 6.65. The second-order valence-electron chi connectivity index (χ2n) is 4.25. The summed E-state index contributed by atoms with van der Waals surface area (Å²) in [6.45, 7) is 1.76. The minimum absolute atomic E-state index is 0.239. The van der Waals surface area contributed by atoms with Crippen molar-refractivity contribution < 1.29 is 5.11 Å². The van der Waals surface area contributed by atoms with Crippen LogP contribution in [0.4, 0.5) is 0 Å². The number of hydrogen-bond acceptors (Lipinski definition) is 3. The molecule has 0 aliphatic heterocycles. The van der Waals surface area contributed by atoms with Crippen LogP contribution in [0.5, 0.6) is 0 Å². The van der Waals surface area contributed by atoms with E-state index in [-0.39, 0.29) is 6.42 Å². The van der Waals surface area contributed by atoms with Crippen LogP contribution in [0.1, 0.15) is 23.1 Å². The number of benzene rings is 1. The van der Waals surface area contributed by atoms with Crippen LogP contribution in [-0.2, 0) is 6.42 Å². The van der Waals surface area contributed by atoms with E-state index >= 15 is 0 Å². The van der Waals surface area contributed by atoms with E-state index in [1.165, 1.54) is 0 Å². The SMILES string of the molecule is Cc1cc(C[C@@H](O)c2ccc(Cl)c(Cl)c2)nc(=O)[nH]1. The van der Waals surface area contributed by atoms with Gasteiger partial charge in [-0.25, -0.2) is 4.79 Å². The summed E-state index contributed by atoms with van der Waals surface area (Å²) in [4.78, 5) is 17.6. The summed E-state index contributed by atoms with van der Waals surface area (Å²) in [5, 5.41) is 10.9. The number of hydrogen-bond donors (Lipinski definition) is 2. The highest BCUT2D eigenvalue weighted by molar-refractivity contribution is 6.42. The molecule has 0 saturated heterocycles. The quantitative estimate of drug-likeness (QED) is 0.915. The van der Waals surface area contributed by atoms with Crippen molar-refractivity contribution >= 4 is 23.2 Å². The van der Waals surface area contributed by atoms with Gasteiger partial charge in [-0.05, 0) is 30.7 Å². The van der Waals surface area contributed by atoms with E-state index in [9.17, 15) is 9.90 Å². The molecule has 6 heteroatoms. The summed E-state index contributed by atoms with van der Waals surface area (Å²) in [5.41, 5.74) is 1.45. The monoisotopic (exact) mass is 298 g/mol. The summed E-state index contributed by atoms with van der Waals surface area (Å²) >= 11 is 11.7. The number of aliphatic hydroxyl groups is 1. The van der Waals surface area contributed by atoms with Crippen LogP contribution in [0.3, 0.4) is 0 Å². The Bertz CT molecular complexity index is 655. The number of nitrogens with one attached hydrogen (secondary N) is 1. The molecule has 2 N–H and O–H groups in total. The average molecular weight is 299 g/mol. The van der Waals surface area contributed by atoms with E-state index in [0.717, 1.165) is 0 Å². The average Bonchev–Trinajstić information content (AvgIpc) is 2.31. The van der Waals surface area contributed by atoms with Crippen LogP contribution in [0, 0.1) is 6.92 Å². The number of aromatic amines is 1. The number of aromatic nitrogens is 2. The third-order valence-corrected chi connectivity index (χ3v) is 3.40.